The molecular weight excluding hydrogens is 687 g/mol. The van der Waals surface area contributed by atoms with E-state index >= 15 is 0 Å². The summed E-state index contributed by atoms with van der Waals surface area (Å²) in [6, 6.07) is 75.6. The van der Waals surface area contributed by atoms with Crippen molar-refractivity contribution in [3.63, 3.8) is 0 Å². The van der Waals surface area contributed by atoms with Crippen molar-refractivity contribution < 1.29 is 0 Å². The van der Waals surface area contributed by atoms with Gasteiger partial charge < -0.3 is 4.90 Å². The van der Waals surface area contributed by atoms with Gasteiger partial charge in [0.15, 0.2) is 0 Å². The van der Waals surface area contributed by atoms with Crippen molar-refractivity contribution in [2.45, 2.75) is 11.8 Å². The molecule has 0 amide bonds. The molecule has 1 heteroatoms. The summed E-state index contributed by atoms with van der Waals surface area (Å²) in [5, 5.41) is 0. The lowest BCUT2D eigenvalue weighted by Crippen LogP contribution is -2.29. The molecule has 0 saturated carbocycles. The summed E-state index contributed by atoms with van der Waals surface area (Å²) in [7, 11) is 0. The van der Waals surface area contributed by atoms with E-state index in [1.54, 1.807) is 0 Å². The van der Waals surface area contributed by atoms with Gasteiger partial charge in [-0.05, 0) is 120 Å². The Hall–Kier alpha value is -7.22. The van der Waals surface area contributed by atoms with Crippen LogP contribution < -0.4 is 4.90 Å². The normalized spacial score (nSPS) is 15.7. The van der Waals surface area contributed by atoms with E-state index in [0.29, 0.717) is 0 Å². The zero-order chi connectivity index (χ0) is 37.2. The summed E-state index contributed by atoms with van der Waals surface area (Å²) in [6.45, 7) is 0. The van der Waals surface area contributed by atoms with Crippen LogP contribution in [0.4, 0.5) is 17.1 Å². The van der Waals surface area contributed by atoms with Crippen LogP contribution in [0.15, 0.2) is 200 Å². The molecule has 3 aliphatic carbocycles. The van der Waals surface area contributed by atoms with E-state index in [9.17, 15) is 0 Å². The molecule has 57 heavy (non-hydrogen) atoms. The Kier molecular flexibility index (Phi) is 6.21. The van der Waals surface area contributed by atoms with Gasteiger partial charge >= 0.3 is 0 Å². The third-order valence-corrected chi connectivity index (χ3v) is 13.3. The van der Waals surface area contributed by atoms with Crippen LogP contribution in [0.5, 0.6) is 0 Å². The highest BCUT2D eigenvalue weighted by Crippen LogP contribution is 2.64. The van der Waals surface area contributed by atoms with Crippen molar-refractivity contribution in [1.82, 2.24) is 0 Å². The summed E-state index contributed by atoms with van der Waals surface area (Å²) >= 11 is 0. The molecule has 1 spiro atoms. The van der Waals surface area contributed by atoms with Crippen LogP contribution >= 0.6 is 0 Å². The van der Waals surface area contributed by atoms with Gasteiger partial charge in [-0.3, -0.25) is 0 Å². The minimum Gasteiger partial charge on any atom is -0.309 e. The highest BCUT2D eigenvalue weighted by molar-refractivity contribution is 6.05. The van der Waals surface area contributed by atoms with Crippen LogP contribution in [-0.4, -0.2) is 0 Å². The number of rotatable bonds is 1. The van der Waals surface area contributed by atoms with E-state index in [1.807, 2.05) is 0 Å². The lowest BCUT2D eigenvalue weighted by molar-refractivity contribution is 0.775. The molecule has 1 atom stereocenters. The standard InChI is InChI=1S/C56H35N/c1-2-16-38-35(15-1)33-36-29-32-50-55(54(36)38)47-24-8-12-26-49(47)56(50)48-25-11-7-21-43(48)39-17-3-4-18-40(39)44-31-30-37(34-51(44)56)57-52-27-13-9-22-45(52)41-19-5-6-20-42(41)46-23-10-14-28-53(46)57/h1-32,34H,33H2. The van der Waals surface area contributed by atoms with Crippen molar-refractivity contribution in [3.8, 4) is 66.8 Å². The molecule has 9 aromatic carbocycles. The van der Waals surface area contributed by atoms with Crippen molar-refractivity contribution in [2.75, 3.05) is 4.90 Å². The van der Waals surface area contributed by atoms with Gasteiger partial charge in [0.25, 0.3) is 0 Å². The van der Waals surface area contributed by atoms with Gasteiger partial charge in [-0.2, -0.15) is 0 Å². The Morgan fingerprint density at radius 1 is 0.298 bits per heavy atom. The topological polar surface area (TPSA) is 3.24 Å². The van der Waals surface area contributed by atoms with Crippen LogP contribution in [0.3, 0.4) is 0 Å². The van der Waals surface area contributed by atoms with E-state index in [0.717, 1.165) is 12.1 Å². The Balaban J connectivity index is 1.19. The lowest BCUT2D eigenvalue weighted by Gasteiger charge is -2.37. The maximum Gasteiger partial charge on any atom is 0.0726 e. The van der Waals surface area contributed by atoms with Crippen LogP contribution in [-0.2, 0) is 11.8 Å². The molecule has 0 aromatic heterocycles. The predicted molar refractivity (Wildman–Crippen MR) is 236 cm³/mol. The summed E-state index contributed by atoms with van der Waals surface area (Å²) in [5.41, 5.74) is 26.7. The Morgan fingerprint density at radius 2 is 0.772 bits per heavy atom. The SMILES string of the molecule is c1ccc2c(c1)Cc1ccc3c(c1-2)-c1ccccc1C31c2ccccc2-c2ccccc2-c2ccc(N3c4ccccc4-c4ccccc4-c4ccccc43)cc21. The second-order valence-corrected chi connectivity index (χ2v) is 15.9. The van der Waals surface area contributed by atoms with Crippen LogP contribution in [0.2, 0.25) is 0 Å². The molecule has 1 aliphatic heterocycles. The molecule has 0 N–H and O–H groups in total. The van der Waals surface area contributed by atoms with Gasteiger partial charge in [-0.15, -0.1) is 0 Å². The smallest absolute Gasteiger partial charge is 0.0726 e. The molecule has 9 aromatic rings. The minimum atomic E-state index is -0.590. The van der Waals surface area contributed by atoms with Crippen molar-refractivity contribution in [1.29, 1.82) is 0 Å². The molecule has 0 radical (unpaired) electrons. The number of anilines is 3. The van der Waals surface area contributed by atoms with Gasteiger partial charge in [0.2, 0.25) is 0 Å². The predicted octanol–water partition coefficient (Wildman–Crippen LogP) is 14.4. The molecule has 4 aliphatic rings. The van der Waals surface area contributed by atoms with Gasteiger partial charge in [0.05, 0.1) is 16.8 Å². The number of hydrogen-bond donors (Lipinski definition) is 0. The molecule has 13 rings (SSSR count). The largest absolute Gasteiger partial charge is 0.309 e. The second kappa shape index (κ2) is 11.4. The third kappa shape index (κ3) is 3.98. The zero-order valence-corrected chi connectivity index (χ0v) is 31.2. The second-order valence-electron chi connectivity index (χ2n) is 15.9. The van der Waals surface area contributed by atoms with Gasteiger partial charge in [-0.1, -0.05) is 176 Å². The van der Waals surface area contributed by atoms with Crippen LogP contribution in [0, 0.1) is 0 Å². The van der Waals surface area contributed by atoms with E-state index in [1.165, 1.54) is 112 Å². The highest BCUT2D eigenvalue weighted by Gasteiger charge is 2.51. The maximum atomic E-state index is 2.55. The average molecular weight is 722 g/mol. The van der Waals surface area contributed by atoms with E-state index in [-0.39, 0.29) is 0 Å². The monoisotopic (exact) mass is 721 g/mol. The molecule has 1 heterocycles. The number of hydrogen-bond acceptors (Lipinski definition) is 1. The Morgan fingerprint density at radius 3 is 1.42 bits per heavy atom. The van der Waals surface area contributed by atoms with Gasteiger partial charge in [0, 0.05) is 16.8 Å². The first-order chi connectivity index (χ1) is 28.3. The van der Waals surface area contributed by atoms with E-state index in [4.69, 9.17) is 0 Å². The molecule has 1 nitrogen and oxygen atoms in total. The first kappa shape index (κ1) is 31.0. The van der Waals surface area contributed by atoms with Crippen LogP contribution in [0.25, 0.3) is 66.8 Å². The van der Waals surface area contributed by atoms with Crippen LogP contribution in [0.1, 0.15) is 33.4 Å². The first-order valence-electron chi connectivity index (χ1n) is 20.1. The molecule has 1 unspecified atom stereocenters. The number of nitrogens with zero attached hydrogens (tertiary/aromatic N) is 1. The van der Waals surface area contributed by atoms with Gasteiger partial charge in [-0.25, -0.2) is 0 Å². The Labute approximate surface area is 332 Å². The zero-order valence-electron chi connectivity index (χ0n) is 31.2. The number of benzene rings is 9. The quantitative estimate of drug-likeness (QED) is 0.163. The summed E-state index contributed by atoms with van der Waals surface area (Å²) < 4.78 is 0. The molecule has 0 bridgehead atoms. The summed E-state index contributed by atoms with van der Waals surface area (Å²) in [6.07, 6.45) is 0.965. The minimum absolute atomic E-state index is 0.590. The van der Waals surface area contributed by atoms with Crippen molar-refractivity contribution in [2.24, 2.45) is 0 Å². The fourth-order valence-electron chi connectivity index (χ4n) is 11.1. The number of fused-ring (bicyclic) bond motifs is 21. The third-order valence-electron chi connectivity index (χ3n) is 13.3. The summed E-state index contributed by atoms with van der Waals surface area (Å²) in [4.78, 5) is 2.52. The van der Waals surface area contributed by atoms with Gasteiger partial charge in [0.1, 0.15) is 0 Å². The first-order valence-corrected chi connectivity index (χ1v) is 20.1. The molecule has 0 saturated heterocycles. The van der Waals surface area contributed by atoms with E-state index in [2.05, 4.69) is 205 Å². The fourth-order valence-corrected chi connectivity index (χ4v) is 11.1. The molecule has 0 fully saturated rings. The highest BCUT2D eigenvalue weighted by atomic mass is 15.1. The fraction of sp³-hybridized carbons (Fsp3) is 0.0357. The maximum absolute atomic E-state index is 2.55. The van der Waals surface area contributed by atoms with Crippen molar-refractivity contribution in [3.05, 3.63) is 234 Å². The van der Waals surface area contributed by atoms with Crippen molar-refractivity contribution >= 4 is 17.1 Å². The number of para-hydroxylation sites is 2. The molecular formula is C56H35N. The van der Waals surface area contributed by atoms with E-state index < -0.39 is 5.41 Å². The lowest BCUT2D eigenvalue weighted by atomic mass is 9.65. The average Bonchev–Trinajstić information content (AvgIpc) is 3.73. The summed E-state index contributed by atoms with van der Waals surface area (Å²) in [5.74, 6) is 0. The molecule has 264 valence electrons. The Bertz CT molecular complexity index is 3120.